The Morgan fingerprint density at radius 2 is 0.600 bits per heavy atom. The summed E-state index contributed by atoms with van der Waals surface area (Å²) in [4.78, 5) is 38.1. The molecule has 90 heavy (non-hydrogen) atoms. The van der Waals surface area contributed by atoms with Crippen LogP contribution in [0.5, 0.6) is 0 Å². The zero-order valence-electron chi connectivity index (χ0n) is 59.3. The summed E-state index contributed by atoms with van der Waals surface area (Å²) in [7, 11) is 1.17. The van der Waals surface area contributed by atoms with Crippen LogP contribution in [0, 0.1) is 0 Å². The van der Waals surface area contributed by atoms with Crippen LogP contribution in [0.1, 0.15) is 335 Å². The Balaban J connectivity index is 3.97. The van der Waals surface area contributed by atoms with Gasteiger partial charge in [-0.15, -0.1) is 0 Å². The van der Waals surface area contributed by atoms with Crippen molar-refractivity contribution in [1.29, 1.82) is 0 Å². The van der Waals surface area contributed by atoms with E-state index < -0.39 is 26.5 Å². The van der Waals surface area contributed by atoms with Crippen LogP contribution >= 0.6 is 7.82 Å². The second-order valence-corrected chi connectivity index (χ2v) is 27.7. The molecule has 520 valence electrons. The third kappa shape index (κ3) is 73.7. The van der Waals surface area contributed by atoms with Crippen LogP contribution in [0.3, 0.4) is 0 Å². The molecule has 0 saturated heterocycles. The van der Waals surface area contributed by atoms with E-state index in [1.807, 2.05) is 21.1 Å². The van der Waals surface area contributed by atoms with Gasteiger partial charge in [-0.25, -0.2) is 0 Å². The number of phosphoric acid groups is 1. The highest BCUT2D eigenvalue weighted by Gasteiger charge is 2.22. The number of unbranched alkanes of at least 4 members (excludes halogenated alkanes) is 37. The molecule has 0 rings (SSSR count). The number of hydrogen-bond acceptors (Lipinski definition) is 8. The number of carbonyl (C=O) groups is 2. The molecular weight excluding hydrogens is 1130 g/mol. The van der Waals surface area contributed by atoms with E-state index >= 15 is 0 Å². The molecule has 10 heteroatoms. The van der Waals surface area contributed by atoms with Crippen LogP contribution in [0.15, 0.2) is 109 Å². The van der Waals surface area contributed by atoms with Crippen molar-refractivity contribution in [3.63, 3.8) is 0 Å². The number of nitrogens with zero attached hydrogens (tertiary/aromatic N) is 1. The van der Waals surface area contributed by atoms with Gasteiger partial charge in [0.1, 0.15) is 19.8 Å². The Bertz CT molecular complexity index is 1890. The molecule has 9 nitrogen and oxygen atoms in total. The maximum Gasteiger partial charge on any atom is 0.306 e. The van der Waals surface area contributed by atoms with Gasteiger partial charge in [0, 0.05) is 12.8 Å². The molecule has 0 radical (unpaired) electrons. The lowest BCUT2D eigenvalue weighted by Crippen LogP contribution is -2.37. The SMILES string of the molecule is CC/C=C\C/C=C\C/C=C\C/C=C\C/C=C\CCCCCCCCCCCCCCCCCCCCCCCC(=O)OC(COC(=O)CCCCCCCCCCCCCCCCCC/C=C\C/C=C\C/C=C\C/C=C\CC)COP(=O)([O-])OCC[N+](C)(C)C. The van der Waals surface area contributed by atoms with Crippen molar-refractivity contribution in [3.05, 3.63) is 109 Å². The molecule has 0 fully saturated rings. The van der Waals surface area contributed by atoms with Crippen LogP contribution < -0.4 is 4.89 Å². The maximum atomic E-state index is 12.9. The maximum absolute atomic E-state index is 12.9. The van der Waals surface area contributed by atoms with Crippen molar-refractivity contribution in [2.45, 2.75) is 341 Å². The van der Waals surface area contributed by atoms with E-state index in [1.165, 1.54) is 205 Å². The highest BCUT2D eigenvalue weighted by molar-refractivity contribution is 7.45. The molecule has 0 aliphatic carbocycles. The molecule has 0 heterocycles. The molecule has 0 aromatic rings. The summed E-state index contributed by atoms with van der Waals surface area (Å²) in [5, 5.41) is 0. The fourth-order valence-electron chi connectivity index (χ4n) is 10.6. The van der Waals surface area contributed by atoms with Gasteiger partial charge in [-0.2, -0.15) is 0 Å². The molecule has 0 aliphatic heterocycles. The smallest absolute Gasteiger partial charge is 0.306 e. The van der Waals surface area contributed by atoms with Crippen molar-refractivity contribution in [3.8, 4) is 0 Å². The molecule has 0 aliphatic rings. The zero-order chi connectivity index (χ0) is 65.5. The molecular formula is C80H142NO8P. The minimum Gasteiger partial charge on any atom is -0.756 e. The Hall–Kier alpha value is -3.33. The molecule has 0 spiro atoms. The predicted octanol–water partition coefficient (Wildman–Crippen LogP) is 24.2. The van der Waals surface area contributed by atoms with Crippen molar-refractivity contribution in [2.24, 2.45) is 0 Å². The fourth-order valence-corrected chi connectivity index (χ4v) is 11.3. The molecule has 2 unspecified atom stereocenters. The van der Waals surface area contributed by atoms with Crippen LogP contribution in [0.2, 0.25) is 0 Å². The number of quaternary nitrogens is 1. The number of esters is 2. The van der Waals surface area contributed by atoms with E-state index in [9.17, 15) is 19.0 Å². The van der Waals surface area contributed by atoms with Crippen molar-refractivity contribution >= 4 is 19.8 Å². The monoisotopic (exact) mass is 1280 g/mol. The minimum atomic E-state index is -4.65. The van der Waals surface area contributed by atoms with Crippen LogP contribution in [-0.2, 0) is 32.7 Å². The van der Waals surface area contributed by atoms with Gasteiger partial charge in [-0.3, -0.25) is 14.2 Å². The van der Waals surface area contributed by atoms with E-state index in [2.05, 4.69) is 123 Å². The topological polar surface area (TPSA) is 111 Å². The zero-order valence-corrected chi connectivity index (χ0v) is 60.2. The number of allylic oxidation sites excluding steroid dienone is 18. The third-order valence-electron chi connectivity index (χ3n) is 16.3. The first kappa shape index (κ1) is 86.7. The lowest BCUT2D eigenvalue weighted by Gasteiger charge is -2.28. The fraction of sp³-hybridized carbons (Fsp3) is 0.750. The highest BCUT2D eigenvalue weighted by Crippen LogP contribution is 2.38. The average molecular weight is 1280 g/mol. The first-order valence-corrected chi connectivity index (χ1v) is 39.1. The average Bonchev–Trinajstić information content (AvgIpc) is 3.58. The number of likely N-dealkylation sites (N-methyl/N-ethyl adjacent to an activating group) is 1. The lowest BCUT2D eigenvalue weighted by atomic mass is 10.0. The van der Waals surface area contributed by atoms with Crippen LogP contribution in [-0.4, -0.2) is 70.0 Å². The van der Waals surface area contributed by atoms with Gasteiger partial charge in [-0.05, 0) is 96.3 Å². The van der Waals surface area contributed by atoms with Gasteiger partial charge in [0.15, 0.2) is 6.10 Å². The largest absolute Gasteiger partial charge is 0.756 e. The first-order chi connectivity index (χ1) is 44.0. The summed E-state index contributed by atoms with van der Waals surface area (Å²) >= 11 is 0. The third-order valence-corrected chi connectivity index (χ3v) is 17.3. The summed E-state index contributed by atoms with van der Waals surface area (Å²) in [6.07, 6.45) is 99.0. The van der Waals surface area contributed by atoms with Crippen molar-refractivity contribution < 1.29 is 42.1 Å². The predicted molar refractivity (Wildman–Crippen MR) is 388 cm³/mol. The van der Waals surface area contributed by atoms with Gasteiger partial charge in [0.05, 0.1) is 27.7 Å². The Morgan fingerprint density at radius 1 is 0.344 bits per heavy atom. The quantitative estimate of drug-likeness (QED) is 0.0195. The van der Waals surface area contributed by atoms with Gasteiger partial charge < -0.3 is 27.9 Å². The standard InChI is InChI=1S/C80H142NO8P/c1-6-8-10-12-14-16-18-20-22-24-26-28-30-32-34-36-37-38-39-40-41-42-43-45-47-49-51-53-55-57-59-61-63-65-67-69-71-73-80(83)89-78(77-88-90(84,85)87-75-74-81(3,4)5)76-86-79(82)72-70-68-66-64-62-60-58-56-54-52-50-48-46-44-35-33-31-29-27-25-23-21-19-17-15-13-11-9-7-2/h8-11,14-17,20-23,26-29,32,34,78H,6-7,12-13,18-19,24-25,30-31,33,35-77H2,1-5H3/b10-8-,11-9-,16-14-,17-15-,22-20-,23-21-,28-26-,29-27-,34-32-. The van der Waals surface area contributed by atoms with E-state index in [1.54, 1.807) is 0 Å². The van der Waals surface area contributed by atoms with E-state index in [0.29, 0.717) is 17.4 Å². The number of rotatable bonds is 69. The van der Waals surface area contributed by atoms with Crippen molar-refractivity contribution in [2.75, 3.05) is 47.5 Å². The number of carbonyl (C=O) groups excluding carboxylic acids is 2. The minimum absolute atomic E-state index is 0.0319. The van der Waals surface area contributed by atoms with Gasteiger partial charge in [-0.1, -0.05) is 335 Å². The van der Waals surface area contributed by atoms with Crippen LogP contribution in [0.25, 0.3) is 0 Å². The molecule has 0 bridgehead atoms. The molecule has 0 amide bonds. The summed E-state index contributed by atoms with van der Waals surface area (Å²) in [5.74, 6) is -0.821. The molecule has 2 atom stereocenters. The molecule has 0 aromatic heterocycles. The second-order valence-electron chi connectivity index (χ2n) is 26.3. The van der Waals surface area contributed by atoms with E-state index in [4.69, 9.17) is 18.5 Å². The lowest BCUT2D eigenvalue weighted by molar-refractivity contribution is -0.870. The number of hydrogen-bond donors (Lipinski definition) is 0. The van der Waals surface area contributed by atoms with Gasteiger partial charge >= 0.3 is 11.9 Å². The Morgan fingerprint density at radius 3 is 0.889 bits per heavy atom. The number of ether oxygens (including phenoxy) is 2. The number of phosphoric ester groups is 1. The molecule has 0 saturated carbocycles. The normalized spacial score (nSPS) is 13.7. The summed E-state index contributed by atoms with van der Waals surface area (Å²) in [5.41, 5.74) is 0. The Labute approximate surface area is 556 Å². The van der Waals surface area contributed by atoms with E-state index in [-0.39, 0.29) is 32.0 Å². The molecule has 0 N–H and O–H groups in total. The second kappa shape index (κ2) is 70.0. The van der Waals surface area contributed by atoms with E-state index in [0.717, 1.165) is 96.3 Å². The Kier molecular flexibility index (Phi) is 67.4. The highest BCUT2D eigenvalue weighted by atomic mass is 31.2. The van der Waals surface area contributed by atoms with Crippen LogP contribution in [0.4, 0.5) is 0 Å². The summed E-state index contributed by atoms with van der Waals surface area (Å²) in [6, 6.07) is 0. The van der Waals surface area contributed by atoms with Gasteiger partial charge in [0.25, 0.3) is 7.82 Å². The van der Waals surface area contributed by atoms with Crippen molar-refractivity contribution in [1.82, 2.24) is 0 Å². The summed E-state index contributed by atoms with van der Waals surface area (Å²) < 4.78 is 34.4. The first-order valence-electron chi connectivity index (χ1n) is 37.6. The van der Waals surface area contributed by atoms with Gasteiger partial charge in [0.2, 0.25) is 0 Å². The molecule has 0 aromatic carbocycles. The summed E-state index contributed by atoms with van der Waals surface area (Å²) in [6.45, 7) is 4.05.